The van der Waals surface area contributed by atoms with Crippen LogP contribution >= 0.6 is 0 Å². The summed E-state index contributed by atoms with van der Waals surface area (Å²) in [4.78, 5) is 4.06. The minimum atomic E-state index is -0.294. The molecule has 5 nitrogen and oxygen atoms in total. The number of nitrogens with two attached hydrogens (primary N) is 1. The van der Waals surface area contributed by atoms with Gasteiger partial charge in [0.05, 0.1) is 11.9 Å². The Hall–Kier alpha value is -2.08. The van der Waals surface area contributed by atoms with Crippen LogP contribution in [0.5, 0.6) is 0 Å². The van der Waals surface area contributed by atoms with Crippen molar-refractivity contribution < 1.29 is 4.39 Å². The number of nitrogen functional groups attached to an aromatic ring is 1. The molecule has 0 radical (unpaired) electrons. The molecule has 1 heterocycles. The number of aromatic nitrogens is 3. The molecule has 0 atom stereocenters. The van der Waals surface area contributed by atoms with Gasteiger partial charge in [-0.1, -0.05) is 0 Å². The lowest BCUT2D eigenvalue weighted by Crippen LogP contribution is -2.11. The summed E-state index contributed by atoms with van der Waals surface area (Å²) in [6, 6.07) is 5.93. The van der Waals surface area contributed by atoms with E-state index in [0.717, 1.165) is 5.56 Å². The fourth-order valence-corrected chi connectivity index (χ4v) is 1.12. The Bertz CT molecular complexity index is 456. The normalized spacial score (nSPS) is 10.0. The molecule has 76 valence electrons. The first-order valence-corrected chi connectivity index (χ1v) is 4.22. The topological polar surface area (TPSA) is 76.7 Å². The third-order valence-corrected chi connectivity index (χ3v) is 1.83. The van der Waals surface area contributed by atoms with Gasteiger partial charge in [-0.25, -0.2) is 15.2 Å². The van der Waals surface area contributed by atoms with E-state index in [-0.39, 0.29) is 11.8 Å². The lowest BCUT2D eigenvalue weighted by Gasteiger charge is -2.01. The molecule has 0 saturated carbocycles. The van der Waals surface area contributed by atoms with E-state index in [1.54, 1.807) is 12.1 Å². The minimum Gasteiger partial charge on any atom is -0.291 e. The van der Waals surface area contributed by atoms with Gasteiger partial charge in [0.15, 0.2) is 0 Å². The molecule has 0 unspecified atom stereocenters. The average Bonchev–Trinajstić information content (AvgIpc) is 2.30. The largest absolute Gasteiger partial charge is 0.291 e. The Morgan fingerprint density at radius 2 is 1.93 bits per heavy atom. The summed E-state index contributed by atoms with van der Waals surface area (Å²) in [6.07, 6.45) is 1.48. The first-order chi connectivity index (χ1) is 7.29. The van der Waals surface area contributed by atoms with Crippen molar-refractivity contribution in [1.82, 2.24) is 15.2 Å². The Morgan fingerprint density at radius 3 is 2.60 bits per heavy atom. The van der Waals surface area contributed by atoms with Gasteiger partial charge in [-0.3, -0.25) is 5.43 Å². The maximum Gasteiger partial charge on any atom is 0.257 e. The molecule has 1 aromatic carbocycles. The number of nitrogens with one attached hydrogen (secondary N) is 1. The fraction of sp³-hybridized carbons (Fsp3) is 0. The zero-order valence-electron chi connectivity index (χ0n) is 7.68. The highest BCUT2D eigenvalue weighted by atomic mass is 19.1. The van der Waals surface area contributed by atoms with Gasteiger partial charge in [0.2, 0.25) is 0 Å². The second-order valence-electron chi connectivity index (χ2n) is 2.82. The Morgan fingerprint density at radius 1 is 1.20 bits per heavy atom. The molecule has 2 aromatic rings. The van der Waals surface area contributed by atoms with Crippen molar-refractivity contribution in [3.63, 3.8) is 0 Å². The van der Waals surface area contributed by atoms with Crippen molar-refractivity contribution in [2.45, 2.75) is 0 Å². The van der Waals surface area contributed by atoms with E-state index < -0.39 is 0 Å². The van der Waals surface area contributed by atoms with Crippen molar-refractivity contribution in [2.24, 2.45) is 5.84 Å². The molecule has 0 aliphatic heterocycles. The lowest BCUT2D eigenvalue weighted by molar-refractivity contribution is 0.628. The van der Waals surface area contributed by atoms with Gasteiger partial charge in [0, 0.05) is 5.56 Å². The van der Waals surface area contributed by atoms with Crippen LogP contribution in [0.25, 0.3) is 11.3 Å². The van der Waals surface area contributed by atoms with Gasteiger partial charge in [0.25, 0.3) is 5.95 Å². The monoisotopic (exact) mass is 205 g/mol. The standard InChI is InChI=1S/C9H8FN5/c10-7-3-1-6(2-4-7)8-5-12-15-9(13-8)14-11/h1-5H,11H2,(H,13,14,15). The predicted octanol–water partition coefficient (Wildman–Crippen LogP) is 0.963. The molecule has 1 aromatic heterocycles. The number of hydrogen-bond acceptors (Lipinski definition) is 5. The number of hydrazine groups is 1. The van der Waals surface area contributed by atoms with Gasteiger partial charge < -0.3 is 0 Å². The number of nitrogens with zero attached hydrogens (tertiary/aromatic N) is 3. The van der Waals surface area contributed by atoms with Gasteiger partial charge in [-0.2, -0.15) is 5.10 Å². The van der Waals surface area contributed by atoms with E-state index in [1.807, 2.05) is 0 Å². The van der Waals surface area contributed by atoms with Gasteiger partial charge in [0.1, 0.15) is 5.82 Å². The summed E-state index contributed by atoms with van der Waals surface area (Å²) in [5.74, 6) is 5.07. The van der Waals surface area contributed by atoms with Crippen molar-refractivity contribution in [1.29, 1.82) is 0 Å². The zero-order chi connectivity index (χ0) is 10.7. The number of anilines is 1. The van der Waals surface area contributed by atoms with Gasteiger partial charge >= 0.3 is 0 Å². The van der Waals surface area contributed by atoms with Crippen LogP contribution in [0.2, 0.25) is 0 Å². The Balaban J connectivity index is 2.40. The van der Waals surface area contributed by atoms with Crippen LogP contribution in [0, 0.1) is 5.82 Å². The third kappa shape index (κ3) is 2.05. The van der Waals surface area contributed by atoms with Crippen molar-refractivity contribution in [3.8, 4) is 11.3 Å². The molecule has 2 rings (SSSR count). The highest BCUT2D eigenvalue weighted by Crippen LogP contribution is 2.16. The summed E-state index contributed by atoms with van der Waals surface area (Å²) in [5, 5.41) is 7.34. The summed E-state index contributed by atoms with van der Waals surface area (Å²) < 4.78 is 12.7. The summed E-state index contributed by atoms with van der Waals surface area (Å²) in [5.41, 5.74) is 3.62. The molecule has 0 fully saturated rings. The van der Waals surface area contributed by atoms with Crippen LogP contribution in [0.15, 0.2) is 30.5 Å². The summed E-state index contributed by atoms with van der Waals surface area (Å²) >= 11 is 0. The quantitative estimate of drug-likeness (QED) is 0.564. The molecule has 0 saturated heterocycles. The lowest BCUT2D eigenvalue weighted by atomic mass is 10.2. The van der Waals surface area contributed by atoms with Crippen LogP contribution < -0.4 is 11.3 Å². The Labute approximate surface area is 85.1 Å². The van der Waals surface area contributed by atoms with Crippen LogP contribution in [0.4, 0.5) is 10.3 Å². The summed E-state index contributed by atoms with van der Waals surface area (Å²) in [7, 11) is 0. The van der Waals surface area contributed by atoms with Crippen LogP contribution in [0.1, 0.15) is 0 Å². The molecule has 0 amide bonds. The van der Waals surface area contributed by atoms with E-state index in [9.17, 15) is 4.39 Å². The van der Waals surface area contributed by atoms with Gasteiger partial charge in [-0.15, -0.1) is 5.10 Å². The van der Waals surface area contributed by atoms with Crippen LogP contribution in [-0.2, 0) is 0 Å². The van der Waals surface area contributed by atoms with Gasteiger partial charge in [-0.05, 0) is 24.3 Å². The van der Waals surface area contributed by atoms with E-state index in [4.69, 9.17) is 5.84 Å². The molecule has 3 N–H and O–H groups in total. The maximum absolute atomic E-state index is 12.7. The Kier molecular flexibility index (Phi) is 2.51. The molecule has 0 aliphatic rings. The molecule has 0 bridgehead atoms. The maximum atomic E-state index is 12.7. The SMILES string of the molecule is NNc1nncc(-c2ccc(F)cc2)n1. The first kappa shape index (κ1) is 9.47. The van der Waals surface area contributed by atoms with Crippen molar-refractivity contribution in [2.75, 3.05) is 5.43 Å². The highest BCUT2D eigenvalue weighted by molar-refractivity contribution is 5.58. The zero-order valence-corrected chi connectivity index (χ0v) is 7.68. The third-order valence-electron chi connectivity index (χ3n) is 1.83. The smallest absolute Gasteiger partial charge is 0.257 e. The van der Waals surface area contributed by atoms with E-state index in [1.165, 1.54) is 18.3 Å². The first-order valence-electron chi connectivity index (χ1n) is 4.22. The van der Waals surface area contributed by atoms with E-state index >= 15 is 0 Å². The predicted molar refractivity (Wildman–Crippen MR) is 53.0 cm³/mol. The van der Waals surface area contributed by atoms with Crippen molar-refractivity contribution >= 4 is 5.95 Å². The number of benzene rings is 1. The van der Waals surface area contributed by atoms with E-state index in [2.05, 4.69) is 20.6 Å². The summed E-state index contributed by atoms with van der Waals surface area (Å²) in [6.45, 7) is 0. The minimum absolute atomic E-state index is 0.219. The van der Waals surface area contributed by atoms with Crippen LogP contribution in [0.3, 0.4) is 0 Å². The molecule has 6 heteroatoms. The molecule has 0 aliphatic carbocycles. The van der Waals surface area contributed by atoms with Crippen molar-refractivity contribution in [3.05, 3.63) is 36.3 Å². The number of hydrogen-bond donors (Lipinski definition) is 2. The molecule has 15 heavy (non-hydrogen) atoms. The average molecular weight is 205 g/mol. The molecular weight excluding hydrogens is 197 g/mol. The van der Waals surface area contributed by atoms with Crippen LogP contribution in [-0.4, -0.2) is 15.2 Å². The molecule has 0 spiro atoms. The molecular formula is C9H8FN5. The van der Waals surface area contributed by atoms with E-state index in [0.29, 0.717) is 5.69 Å². The number of halogens is 1. The second-order valence-corrected chi connectivity index (χ2v) is 2.82. The second kappa shape index (κ2) is 3.97. The fourth-order valence-electron chi connectivity index (χ4n) is 1.12. The highest BCUT2D eigenvalue weighted by Gasteiger charge is 2.02. The number of rotatable bonds is 2.